The van der Waals surface area contributed by atoms with Gasteiger partial charge < -0.3 is 10.6 Å². The molecule has 3 unspecified atom stereocenters. The third kappa shape index (κ3) is 1.93. The van der Waals surface area contributed by atoms with E-state index in [1.165, 1.54) is 19.3 Å². The quantitative estimate of drug-likeness (QED) is 0.635. The first-order chi connectivity index (χ1) is 9.14. The van der Waals surface area contributed by atoms with Crippen LogP contribution in [0.25, 0.3) is 0 Å². The van der Waals surface area contributed by atoms with Gasteiger partial charge in [0.15, 0.2) is 0 Å². The van der Waals surface area contributed by atoms with Crippen LogP contribution in [0.5, 0.6) is 0 Å². The number of nitrogens with zero attached hydrogens (tertiary/aromatic N) is 1. The summed E-state index contributed by atoms with van der Waals surface area (Å²) in [5, 5.41) is 10.1. The molecule has 4 rings (SSSR count). The highest BCUT2D eigenvalue weighted by Gasteiger charge is 2.66. The number of hydrogen-bond donors (Lipinski definition) is 1. The van der Waals surface area contributed by atoms with Gasteiger partial charge in [-0.1, -0.05) is 13.8 Å². The summed E-state index contributed by atoms with van der Waals surface area (Å²) in [5.41, 5.74) is 6.79. The predicted octanol–water partition coefficient (Wildman–Crippen LogP) is 2.91. The molecule has 4 aliphatic rings. The Bertz CT molecular complexity index is 432. The molecule has 4 saturated carbocycles. The number of nitrogens with two attached hydrogens (primary N) is 1. The first kappa shape index (κ1) is 14.1. The molecule has 0 aliphatic heterocycles. The molecule has 5 heteroatoms. The zero-order valence-electron chi connectivity index (χ0n) is 12.8. The Morgan fingerprint density at radius 1 is 1.15 bits per heavy atom. The summed E-state index contributed by atoms with van der Waals surface area (Å²) in [4.78, 5) is 15.8. The fourth-order valence-corrected chi connectivity index (χ4v) is 6.93. The minimum atomic E-state index is -0.622. The first-order valence-electron chi connectivity index (χ1n) is 7.65. The van der Waals surface area contributed by atoms with Crippen LogP contribution in [-0.4, -0.2) is 17.7 Å². The normalized spacial score (nSPS) is 51.0. The topological polar surface area (TPSA) is 78.4 Å². The summed E-state index contributed by atoms with van der Waals surface area (Å²) >= 11 is 0. The smallest absolute Gasteiger partial charge is 0.294 e. The average molecular weight is 282 g/mol. The van der Waals surface area contributed by atoms with Crippen LogP contribution in [0.3, 0.4) is 0 Å². The van der Waals surface area contributed by atoms with E-state index >= 15 is 0 Å². The Kier molecular flexibility index (Phi) is 2.73. The Morgan fingerprint density at radius 2 is 1.70 bits per heavy atom. The van der Waals surface area contributed by atoms with Crippen LogP contribution in [0.1, 0.15) is 59.3 Å². The third-order valence-electron chi connectivity index (χ3n) is 6.28. The second-order valence-corrected chi connectivity index (χ2v) is 8.72. The standard InChI is InChI=1S/C15H26N2O3/c1-11(20-17(18)19)15-7-12(2)4-13(3,8-15)6-14(5-12,9-15)10-16/h11H,4-10,16H2,1-3H3. The van der Waals surface area contributed by atoms with Gasteiger partial charge in [-0.15, -0.1) is 10.1 Å². The van der Waals surface area contributed by atoms with Crippen molar-refractivity contribution in [3.8, 4) is 0 Å². The summed E-state index contributed by atoms with van der Waals surface area (Å²) in [6, 6.07) is 0. The van der Waals surface area contributed by atoms with Gasteiger partial charge in [0.2, 0.25) is 0 Å². The van der Waals surface area contributed by atoms with Crippen LogP contribution < -0.4 is 5.73 Å². The molecule has 4 aliphatic carbocycles. The van der Waals surface area contributed by atoms with Gasteiger partial charge in [0, 0.05) is 0 Å². The first-order valence-corrected chi connectivity index (χ1v) is 7.65. The highest BCUT2D eigenvalue weighted by atomic mass is 17.0. The van der Waals surface area contributed by atoms with Gasteiger partial charge in [-0.25, -0.2) is 0 Å². The fraction of sp³-hybridized carbons (Fsp3) is 1.00. The molecule has 114 valence electrons. The predicted molar refractivity (Wildman–Crippen MR) is 75.4 cm³/mol. The molecule has 4 fully saturated rings. The maximum absolute atomic E-state index is 10.8. The highest BCUT2D eigenvalue weighted by Crippen LogP contribution is 2.74. The number of rotatable bonds is 4. The van der Waals surface area contributed by atoms with Crippen LogP contribution in [0.15, 0.2) is 0 Å². The molecule has 0 saturated heterocycles. The molecular weight excluding hydrogens is 256 g/mol. The van der Waals surface area contributed by atoms with E-state index in [2.05, 4.69) is 13.8 Å². The lowest BCUT2D eigenvalue weighted by Crippen LogP contribution is -2.64. The fourth-order valence-electron chi connectivity index (χ4n) is 6.93. The third-order valence-corrected chi connectivity index (χ3v) is 6.28. The van der Waals surface area contributed by atoms with E-state index in [9.17, 15) is 10.1 Å². The van der Waals surface area contributed by atoms with Crippen LogP contribution in [-0.2, 0) is 4.84 Å². The van der Waals surface area contributed by atoms with Crippen molar-refractivity contribution in [2.24, 2.45) is 27.4 Å². The summed E-state index contributed by atoms with van der Waals surface area (Å²) in [6.45, 7) is 7.28. The molecule has 20 heavy (non-hydrogen) atoms. The second kappa shape index (κ2) is 3.87. The SMILES string of the molecule is CC(O[N+](=O)[O-])C12CC3(C)CC(C)(CC(CN)(C3)C1)C2. The summed E-state index contributed by atoms with van der Waals surface area (Å²) in [5.74, 6) is 0. The van der Waals surface area contributed by atoms with Crippen LogP contribution in [0.2, 0.25) is 0 Å². The van der Waals surface area contributed by atoms with E-state index in [0.717, 1.165) is 19.3 Å². The molecule has 0 heterocycles. The molecule has 0 aromatic rings. The molecule has 3 atom stereocenters. The van der Waals surface area contributed by atoms with Crippen LogP contribution in [0, 0.1) is 31.8 Å². The molecule has 4 bridgehead atoms. The zero-order chi connectivity index (χ0) is 14.8. The van der Waals surface area contributed by atoms with Gasteiger partial charge in [0.1, 0.15) is 6.10 Å². The second-order valence-electron chi connectivity index (χ2n) is 8.72. The lowest BCUT2D eigenvalue weighted by Gasteiger charge is -2.70. The summed E-state index contributed by atoms with van der Waals surface area (Å²) in [7, 11) is 0. The van der Waals surface area contributed by atoms with Gasteiger partial charge >= 0.3 is 0 Å². The minimum absolute atomic E-state index is 0.0648. The van der Waals surface area contributed by atoms with Crippen molar-refractivity contribution < 1.29 is 9.92 Å². The molecule has 5 nitrogen and oxygen atoms in total. The van der Waals surface area contributed by atoms with Crippen molar-refractivity contribution >= 4 is 0 Å². The molecule has 0 amide bonds. The maximum Gasteiger partial charge on any atom is 0.294 e. The van der Waals surface area contributed by atoms with Crippen molar-refractivity contribution in [1.82, 2.24) is 0 Å². The Morgan fingerprint density at radius 3 is 2.15 bits per heavy atom. The Labute approximate surface area is 120 Å². The van der Waals surface area contributed by atoms with Gasteiger partial charge in [0.05, 0.1) is 0 Å². The molecule has 0 spiro atoms. The highest BCUT2D eigenvalue weighted by molar-refractivity contribution is 5.16. The van der Waals surface area contributed by atoms with Gasteiger partial charge in [0.25, 0.3) is 5.09 Å². The largest absolute Gasteiger partial charge is 0.330 e. The molecule has 0 aromatic heterocycles. The Hall–Kier alpha value is -0.840. The minimum Gasteiger partial charge on any atom is -0.330 e. The lowest BCUT2D eigenvalue weighted by molar-refractivity contribution is -0.772. The van der Waals surface area contributed by atoms with E-state index in [-0.39, 0.29) is 27.8 Å². The van der Waals surface area contributed by atoms with Crippen molar-refractivity contribution in [2.45, 2.75) is 65.4 Å². The van der Waals surface area contributed by atoms with E-state index in [4.69, 9.17) is 10.6 Å². The lowest BCUT2D eigenvalue weighted by atomic mass is 9.35. The van der Waals surface area contributed by atoms with Gasteiger partial charge in [-0.3, -0.25) is 0 Å². The maximum atomic E-state index is 10.8. The molecule has 2 N–H and O–H groups in total. The van der Waals surface area contributed by atoms with Crippen LogP contribution >= 0.6 is 0 Å². The van der Waals surface area contributed by atoms with E-state index in [1.807, 2.05) is 6.92 Å². The van der Waals surface area contributed by atoms with Crippen molar-refractivity contribution in [2.75, 3.05) is 6.54 Å². The number of hydrogen-bond acceptors (Lipinski definition) is 4. The van der Waals surface area contributed by atoms with Crippen LogP contribution in [0.4, 0.5) is 0 Å². The molecule has 0 aromatic carbocycles. The van der Waals surface area contributed by atoms with Gasteiger partial charge in [-0.05, 0) is 73.7 Å². The Balaban J connectivity index is 1.98. The van der Waals surface area contributed by atoms with E-state index in [0.29, 0.717) is 6.54 Å². The van der Waals surface area contributed by atoms with Crippen molar-refractivity contribution in [1.29, 1.82) is 0 Å². The monoisotopic (exact) mass is 282 g/mol. The van der Waals surface area contributed by atoms with Crippen molar-refractivity contribution in [3.05, 3.63) is 10.1 Å². The molecular formula is C15H26N2O3. The van der Waals surface area contributed by atoms with Crippen molar-refractivity contribution in [3.63, 3.8) is 0 Å². The van der Waals surface area contributed by atoms with E-state index < -0.39 is 5.09 Å². The molecule has 0 radical (unpaired) electrons. The summed E-state index contributed by atoms with van der Waals surface area (Å²) in [6.07, 6.45) is 6.35. The van der Waals surface area contributed by atoms with E-state index in [1.54, 1.807) is 0 Å². The average Bonchev–Trinajstić information content (AvgIpc) is 2.23. The van der Waals surface area contributed by atoms with Gasteiger partial charge in [-0.2, -0.15) is 0 Å². The summed E-state index contributed by atoms with van der Waals surface area (Å²) < 4.78 is 0. The zero-order valence-corrected chi connectivity index (χ0v) is 12.8.